The SMILES string of the molecule is [CH2]CCC(C)(C1CCC1)C(CCC(C)COC)OC. The van der Waals surface area contributed by atoms with Crippen LogP contribution in [0.2, 0.25) is 0 Å². The molecule has 0 bridgehead atoms. The Hall–Kier alpha value is -0.0800. The highest BCUT2D eigenvalue weighted by atomic mass is 16.5. The summed E-state index contributed by atoms with van der Waals surface area (Å²) in [6.45, 7) is 9.62. The second-order valence-electron chi connectivity index (χ2n) is 6.60. The summed E-state index contributed by atoms with van der Waals surface area (Å²) in [6.07, 6.45) is 9.07. The summed E-state index contributed by atoms with van der Waals surface area (Å²) in [5.41, 5.74) is 0.321. The molecule has 0 spiro atoms. The number of hydrogen-bond donors (Lipinski definition) is 0. The van der Waals surface area contributed by atoms with Crippen LogP contribution < -0.4 is 0 Å². The molecule has 2 nitrogen and oxygen atoms in total. The van der Waals surface area contributed by atoms with Gasteiger partial charge in [-0.1, -0.05) is 33.6 Å². The summed E-state index contributed by atoms with van der Waals surface area (Å²) in [7, 11) is 3.66. The zero-order chi connectivity index (χ0) is 14.3. The standard InChI is InChI=1S/C17H33O2/c1-6-12-17(3,15-8-7-9-15)16(19-5)11-10-14(2)13-18-4/h14-16H,1,6-13H2,2-5H3. The molecule has 1 aliphatic carbocycles. The Balaban J connectivity index is 2.57. The molecule has 2 heteroatoms. The molecule has 1 fully saturated rings. The number of methoxy groups -OCH3 is 2. The monoisotopic (exact) mass is 269 g/mol. The van der Waals surface area contributed by atoms with Gasteiger partial charge < -0.3 is 9.47 Å². The van der Waals surface area contributed by atoms with Crippen LogP contribution >= 0.6 is 0 Å². The molecule has 0 amide bonds. The van der Waals surface area contributed by atoms with Gasteiger partial charge in [0, 0.05) is 20.8 Å². The van der Waals surface area contributed by atoms with Crippen molar-refractivity contribution in [1.29, 1.82) is 0 Å². The Morgan fingerprint density at radius 2 is 1.95 bits per heavy atom. The summed E-state index contributed by atoms with van der Waals surface area (Å²) >= 11 is 0. The van der Waals surface area contributed by atoms with Gasteiger partial charge >= 0.3 is 0 Å². The largest absolute Gasteiger partial charge is 0.384 e. The molecule has 0 aliphatic heterocycles. The molecule has 1 saturated carbocycles. The minimum atomic E-state index is 0.321. The Labute approximate surface area is 120 Å². The van der Waals surface area contributed by atoms with Gasteiger partial charge in [-0.2, -0.15) is 0 Å². The van der Waals surface area contributed by atoms with E-state index < -0.39 is 0 Å². The first-order valence-electron chi connectivity index (χ1n) is 7.89. The Bertz CT molecular complexity index is 237. The fourth-order valence-electron chi connectivity index (χ4n) is 3.60. The van der Waals surface area contributed by atoms with Crippen LogP contribution in [-0.4, -0.2) is 26.9 Å². The third-order valence-electron chi connectivity index (χ3n) is 5.15. The first-order chi connectivity index (χ1) is 9.08. The minimum absolute atomic E-state index is 0.321. The summed E-state index contributed by atoms with van der Waals surface area (Å²) in [5, 5.41) is 0. The van der Waals surface area contributed by atoms with Gasteiger partial charge in [-0.15, -0.1) is 0 Å². The minimum Gasteiger partial charge on any atom is -0.384 e. The lowest BCUT2D eigenvalue weighted by atomic mass is 9.60. The molecule has 1 radical (unpaired) electrons. The molecule has 0 N–H and O–H groups in total. The van der Waals surface area contributed by atoms with Crippen LogP contribution in [0.3, 0.4) is 0 Å². The quantitative estimate of drug-likeness (QED) is 0.582. The third kappa shape index (κ3) is 4.46. The summed E-state index contributed by atoms with van der Waals surface area (Å²) in [4.78, 5) is 0. The van der Waals surface area contributed by atoms with Crippen LogP contribution in [0.25, 0.3) is 0 Å². The van der Waals surface area contributed by atoms with E-state index in [2.05, 4.69) is 20.8 Å². The van der Waals surface area contributed by atoms with E-state index in [0.717, 1.165) is 25.4 Å². The fraction of sp³-hybridized carbons (Fsp3) is 0.941. The number of hydrogen-bond acceptors (Lipinski definition) is 2. The van der Waals surface area contributed by atoms with Gasteiger partial charge in [-0.25, -0.2) is 0 Å². The van der Waals surface area contributed by atoms with Crippen molar-refractivity contribution in [3.05, 3.63) is 6.92 Å². The van der Waals surface area contributed by atoms with Gasteiger partial charge in [0.15, 0.2) is 0 Å². The molecular formula is C17H33O2. The predicted octanol–water partition coefficient (Wildman–Crippen LogP) is 4.48. The van der Waals surface area contributed by atoms with Crippen LogP contribution in [0.4, 0.5) is 0 Å². The van der Waals surface area contributed by atoms with Crippen molar-refractivity contribution in [3.63, 3.8) is 0 Å². The van der Waals surface area contributed by atoms with Crippen molar-refractivity contribution in [1.82, 2.24) is 0 Å². The molecule has 19 heavy (non-hydrogen) atoms. The van der Waals surface area contributed by atoms with Gasteiger partial charge in [0.1, 0.15) is 0 Å². The van der Waals surface area contributed by atoms with E-state index in [0.29, 0.717) is 17.4 Å². The number of rotatable bonds is 10. The molecule has 1 aliphatic rings. The zero-order valence-electron chi connectivity index (χ0n) is 13.4. The van der Waals surface area contributed by atoms with Gasteiger partial charge in [0.25, 0.3) is 0 Å². The van der Waals surface area contributed by atoms with Crippen LogP contribution in [0.5, 0.6) is 0 Å². The highest BCUT2D eigenvalue weighted by molar-refractivity contribution is 4.93. The smallest absolute Gasteiger partial charge is 0.0627 e. The summed E-state index contributed by atoms with van der Waals surface area (Å²) in [5.74, 6) is 1.46. The lowest BCUT2D eigenvalue weighted by Crippen LogP contribution is -2.43. The lowest BCUT2D eigenvalue weighted by molar-refractivity contribution is -0.0717. The van der Waals surface area contributed by atoms with Crippen molar-refractivity contribution in [2.24, 2.45) is 17.3 Å². The highest BCUT2D eigenvalue weighted by Crippen LogP contribution is 2.49. The predicted molar refractivity (Wildman–Crippen MR) is 81.1 cm³/mol. The molecule has 113 valence electrons. The van der Waals surface area contributed by atoms with Crippen molar-refractivity contribution in [3.8, 4) is 0 Å². The van der Waals surface area contributed by atoms with Crippen molar-refractivity contribution in [2.45, 2.75) is 64.9 Å². The van der Waals surface area contributed by atoms with Crippen LogP contribution in [0, 0.1) is 24.2 Å². The van der Waals surface area contributed by atoms with Crippen LogP contribution in [0.15, 0.2) is 0 Å². The Morgan fingerprint density at radius 3 is 2.37 bits per heavy atom. The lowest BCUT2D eigenvalue weighted by Gasteiger charge is -2.47. The van der Waals surface area contributed by atoms with Crippen molar-refractivity contribution < 1.29 is 9.47 Å². The number of ether oxygens (including phenoxy) is 2. The molecular weight excluding hydrogens is 236 g/mol. The van der Waals surface area contributed by atoms with E-state index >= 15 is 0 Å². The van der Waals surface area contributed by atoms with E-state index in [1.54, 1.807) is 7.11 Å². The maximum Gasteiger partial charge on any atom is 0.0627 e. The fourth-order valence-corrected chi connectivity index (χ4v) is 3.60. The highest BCUT2D eigenvalue weighted by Gasteiger charge is 2.43. The molecule has 3 unspecified atom stereocenters. The molecule has 0 heterocycles. The summed E-state index contributed by atoms with van der Waals surface area (Å²) < 4.78 is 11.1. The van der Waals surface area contributed by atoms with Gasteiger partial charge in [0.2, 0.25) is 0 Å². The molecule has 0 aromatic heterocycles. The Kier molecular flexibility index (Phi) is 7.38. The maximum absolute atomic E-state index is 5.88. The van der Waals surface area contributed by atoms with Crippen molar-refractivity contribution >= 4 is 0 Å². The first-order valence-corrected chi connectivity index (χ1v) is 7.89. The molecule has 0 saturated heterocycles. The molecule has 3 atom stereocenters. The normalized spacial score (nSPS) is 22.6. The topological polar surface area (TPSA) is 18.5 Å². The van der Waals surface area contributed by atoms with E-state index in [4.69, 9.17) is 9.47 Å². The van der Waals surface area contributed by atoms with Crippen LogP contribution in [0.1, 0.15) is 58.8 Å². The van der Waals surface area contributed by atoms with E-state index in [1.165, 1.54) is 32.1 Å². The van der Waals surface area contributed by atoms with Crippen molar-refractivity contribution in [2.75, 3.05) is 20.8 Å². The third-order valence-corrected chi connectivity index (χ3v) is 5.15. The second-order valence-corrected chi connectivity index (χ2v) is 6.60. The summed E-state index contributed by atoms with van der Waals surface area (Å²) in [6, 6.07) is 0. The zero-order valence-corrected chi connectivity index (χ0v) is 13.4. The first kappa shape index (κ1) is 17.0. The van der Waals surface area contributed by atoms with Gasteiger partial charge in [-0.05, 0) is 49.4 Å². The molecule has 1 rings (SSSR count). The van der Waals surface area contributed by atoms with E-state index in [1.807, 2.05) is 7.11 Å². The van der Waals surface area contributed by atoms with Gasteiger partial charge in [-0.3, -0.25) is 0 Å². The van der Waals surface area contributed by atoms with Crippen LogP contribution in [-0.2, 0) is 9.47 Å². The Morgan fingerprint density at radius 1 is 1.26 bits per heavy atom. The van der Waals surface area contributed by atoms with Gasteiger partial charge in [0.05, 0.1) is 6.10 Å². The average molecular weight is 269 g/mol. The van der Waals surface area contributed by atoms with E-state index in [9.17, 15) is 0 Å². The molecule has 0 aromatic carbocycles. The average Bonchev–Trinajstić information content (AvgIpc) is 2.27. The molecule has 0 aromatic rings. The second kappa shape index (κ2) is 8.26. The maximum atomic E-state index is 5.88. The van der Waals surface area contributed by atoms with E-state index in [-0.39, 0.29) is 0 Å².